The van der Waals surface area contributed by atoms with Crippen LogP contribution in [0.15, 0.2) is 18.2 Å². The van der Waals surface area contributed by atoms with E-state index in [9.17, 15) is 0 Å². The zero-order chi connectivity index (χ0) is 12.1. The molecule has 0 spiro atoms. The highest BCUT2D eigenvalue weighted by molar-refractivity contribution is 5.42. The van der Waals surface area contributed by atoms with E-state index in [1.165, 1.54) is 24.8 Å². The van der Waals surface area contributed by atoms with Crippen LogP contribution in [-0.4, -0.2) is 20.8 Å². The molecule has 1 fully saturated rings. The van der Waals surface area contributed by atoms with Gasteiger partial charge < -0.3 is 14.8 Å². The van der Waals surface area contributed by atoms with Gasteiger partial charge in [-0.1, -0.05) is 12.5 Å². The molecule has 2 rings (SSSR count). The van der Waals surface area contributed by atoms with Gasteiger partial charge in [-0.25, -0.2) is 0 Å². The lowest BCUT2D eigenvalue weighted by atomic mass is 9.86. The average molecular weight is 235 g/mol. The molecule has 1 N–H and O–H groups in total. The van der Waals surface area contributed by atoms with Crippen LogP contribution in [0.2, 0.25) is 0 Å². The SMILES string of the molecule is CNCc1ccc(OC)c(OCC2CCC2)c1. The molecule has 1 saturated carbocycles. The van der Waals surface area contributed by atoms with Crippen LogP contribution in [0, 0.1) is 5.92 Å². The quantitative estimate of drug-likeness (QED) is 0.822. The predicted octanol–water partition coefficient (Wildman–Crippen LogP) is 2.59. The first-order valence-corrected chi connectivity index (χ1v) is 6.28. The van der Waals surface area contributed by atoms with Crippen LogP contribution in [0.1, 0.15) is 24.8 Å². The number of hydrogen-bond acceptors (Lipinski definition) is 3. The summed E-state index contributed by atoms with van der Waals surface area (Å²) in [7, 11) is 3.63. The second kappa shape index (κ2) is 5.92. The van der Waals surface area contributed by atoms with Crippen LogP contribution in [0.4, 0.5) is 0 Å². The molecular formula is C14H21NO2. The lowest BCUT2D eigenvalue weighted by Gasteiger charge is -2.25. The van der Waals surface area contributed by atoms with Gasteiger partial charge in [0.2, 0.25) is 0 Å². The van der Waals surface area contributed by atoms with Crippen LogP contribution in [0.3, 0.4) is 0 Å². The Bertz CT molecular complexity index is 361. The number of ether oxygens (including phenoxy) is 2. The van der Waals surface area contributed by atoms with Crippen molar-refractivity contribution in [3.05, 3.63) is 23.8 Å². The molecule has 0 saturated heterocycles. The molecule has 0 bridgehead atoms. The fourth-order valence-corrected chi connectivity index (χ4v) is 2.02. The van der Waals surface area contributed by atoms with E-state index in [0.29, 0.717) is 0 Å². The van der Waals surface area contributed by atoms with Crippen molar-refractivity contribution >= 4 is 0 Å². The second-order valence-electron chi connectivity index (χ2n) is 4.62. The molecule has 3 heteroatoms. The summed E-state index contributed by atoms with van der Waals surface area (Å²) in [4.78, 5) is 0. The minimum atomic E-state index is 0.743. The molecule has 1 aromatic carbocycles. The third-order valence-corrected chi connectivity index (χ3v) is 3.31. The molecule has 0 aromatic heterocycles. The van der Waals surface area contributed by atoms with Gasteiger partial charge in [-0.3, -0.25) is 0 Å². The van der Waals surface area contributed by atoms with Crippen molar-refractivity contribution in [3.63, 3.8) is 0 Å². The van der Waals surface area contributed by atoms with Gasteiger partial charge in [-0.15, -0.1) is 0 Å². The van der Waals surface area contributed by atoms with Crippen molar-refractivity contribution in [1.82, 2.24) is 5.32 Å². The van der Waals surface area contributed by atoms with Crippen molar-refractivity contribution in [2.45, 2.75) is 25.8 Å². The highest BCUT2D eigenvalue weighted by atomic mass is 16.5. The van der Waals surface area contributed by atoms with Gasteiger partial charge >= 0.3 is 0 Å². The number of benzene rings is 1. The maximum Gasteiger partial charge on any atom is 0.161 e. The Morgan fingerprint density at radius 1 is 1.29 bits per heavy atom. The van der Waals surface area contributed by atoms with E-state index in [1.54, 1.807) is 7.11 Å². The molecule has 1 aliphatic rings. The number of rotatable bonds is 6. The lowest BCUT2D eigenvalue weighted by molar-refractivity contribution is 0.176. The molecule has 0 aliphatic heterocycles. The van der Waals surface area contributed by atoms with Gasteiger partial charge in [-0.05, 0) is 43.5 Å². The Morgan fingerprint density at radius 3 is 2.71 bits per heavy atom. The van der Waals surface area contributed by atoms with E-state index in [-0.39, 0.29) is 0 Å². The Hall–Kier alpha value is -1.22. The van der Waals surface area contributed by atoms with E-state index in [2.05, 4.69) is 17.4 Å². The minimum Gasteiger partial charge on any atom is -0.493 e. The van der Waals surface area contributed by atoms with Crippen LogP contribution in [0.5, 0.6) is 11.5 Å². The molecular weight excluding hydrogens is 214 g/mol. The summed E-state index contributed by atoms with van der Waals surface area (Å²) in [5.41, 5.74) is 1.22. The Morgan fingerprint density at radius 2 is 2.12 bits per heavy atom. The summed E-state index contributed by atoms with van der Waals surface area (Å²) in [6.45, 7) is 1.67. The van der Waals surface area contributed by atoms with E-state index in [1.807, 2.05) is 13.1 Å². The topological polar surface area (TPSA) is 30.5 Å². The van der Waals surface area contributed by atoms with E-state index in [0.717, 1.165) is 30.6 Å². The number of methoxy groups -OCH3 is 1. The number of hydrogen-bond donors (Lipinski definition) is 1. The smallest absolute Gasteiger partial charge is 0.161 e. The molecule has 0 unspecified atom stereocenters. The van der Waals surface area contributed by atoms with Crippen molar-refractivity contribution in [2.24, 2.45) is 5.92 Å². The summed E-state index contributed by atoms with van der Waals surface area (Å²) in [5.74, 6) is 2.43. The van der Waals surface area contributed by atoms with Gasteiger partial charge in [-0.2, -0.15) is 0 Å². The first-order valence-electron chi connectivity index (χ1n) is 6.28. The highest BCUT2D eigenvalue weighted by Crippen LogP contribution is 2.31. The first-order chi connectivity index (χ1) is 8.33. The Balaban J connectivity index is 2.02. The third-order valence-electron chi connectivity index (χ3n) is 3.31. The molecule has 0 amide bonds. The van der Waals surface area contributed by atoms with Gasteiger partial charge in [0, 0.05) is 6.54 Å². The van der Waals surface area contributed by atoms with Crippen molar-refractivity contribution in [1.29, 1.82) is 0 Å². The van der Waals surface area contributed by atoms with Crippen molar-refractivity contribution in [3.8, 4) is 11.5 Å². The standard InChI is InChI=1S/C14H21NO2/c1-15-9-12-6-7-13(16-2)14(8-12)17-10-11-4-3-5-11/h6-8,11,15H,3-5,9-10H2,1-2H3. The fourth-order valence-electron chi connectivity index (χ4n) is 2.02. The van der Waals surface area contributed by atoms with Gasteiger partial charge in [0.1, 0.15) is 0 Å². The zero-order valence-corrected chi connectivity index (χ0v) is 10.7. The largest absolute Gasteiger partial charge is 0.493 e. The first kappa shape index (κ1) is 12.2. The van der Waals surface area contributed by atoms with E-state index in [4.69, 9.17) is 9.47 Å². The molecule has 1 aliphatic carbocycles. The van der Waals surface area contributed by atoms with Crippen LogP contribution in [-0.2, 0) is 6.54 Å². The second-order valence-corrected chi connectivity index (χ2v) is 4.62. The molecule has 17 heavy (non-hydrogen) atoms. The fraction of sp³-hybridized carbons (Fsp3) is 0.571. The lowest BCUT2D eigenvalue weighted by Crippen LogP contribution is -2.19. The van der Waals surface area contributed by atoms with Crippen molar-refractivity contribution < 1.29 is 9.47 Å². The Kier molecular flexibility index (Phi) is 4.26. The van der Waals surface area contributed by atoms with Crippen LogP contribution in [0.25, 0.3) is 0 Å². The summed E-state index contributed by atoms with van der Waals surface area (Å²) < 4.78 is 11.2. The molecule has 0 radical (unpaired) electrons. The van der Waals surface area contributed by atoms with Crippen LogP contribution >= 0.6 is 0 Å². The van der Waals surface area contributed by atoms with Crippen LogP contribution < -0.4 is 14.8 Å². The van der Waals surface area contributed by atoms with Gasteiger partial charge in [0.05, 0.1) is 13.7 Å². The normalized spacial score (nSPS) is 15.4. The zero-order valence-electron chi connectivity index (χ0n) is 10.7. The summed E-state index contributed by atoms with van der Waals surface area (Å²) in [5, 5.41) is 3.14. The monoisotopic (exact) mass is 235 g/mol. The van der Waals surface area contributed by atoms with Gasteiger partial charge in [0.25, 0.3) is 0 Å². The summed E-state index contributed by atoms with van der Waals surface area (Å²) >= 11 is 0. The molecule has 0 heterocycles. The Labute approximate surface area is 103 Å². The molecule has 0 atom stereocenters. The molecule has 94 valence electrons. The van der Waals surface area contributed by atoms with E-state index >= 15 is 0 Å². The maximum atomic E-state index is 5.87. The highest BCUT2D eigenvalue weighted by Gasteiger charge is 2.18. The van der Waals surface area contributed by atoms with Gasteiger partial charge in [0.15, 0.2) is 11.5 Å². The number of nitrogens with one attached hydrogen (secondary N) is 1. The average Bonchev–Trinajstić information content (AvgIpc) is 2.28. The van der Waals surface area contributed by atoms with Crippen molar-refractivity contribution in [2.75, 3.05) is 20.8 Å². The summed E-state index contributed by atoms with van der Waals surface area (Å²) in [6.07, 6.45) is 3.96. The van der Waals surface area contributed by atoms with E-state index < -0.39 is 0 Å². The maximum absolute atomic E-state index is 5.87. The molecule has 3 nitrogen and oxygen atoms in total. The summed E-state index contributed by atoms with van der Waals surface area (Å²) in [6, 6.07) is 6.10. The minimum absolute atomic E-state index is 0.743. The molecule has 1 aromatic rings. The predicted molar refractivity (Wildman–Crippen MR) is 68.6 cm³/mol. The third kappa shape index (κ3) is 3.13.